The van der Waals surface area contributed by atoms with E-state index in [9.17, 15) is 4.79 Å². The summed E-state index contributed by atoms with van der Waals surface area (Å²) in [5, 5.41) is 17.5. The minimum absolute atomic E-state index is 0.0897. The van der Waals surface area contributed by atoms with Gasteiger partial charge in [-0.25, -0.2) is 0 Å². The summed E-state index contributed by atoms with van der Waals surface area (Å²) in [6.07, 6.45) is 0.920. The normalized spacial score (nSPS) is 17.2. The summed E-state index contributed by atoms with van der Waals surface area (Å²) in [6.45, 7) is 5.14. The highest BCUT2D eigenvalue weighted by molar-refractivity contribution is 5.82. The second-order valence-electron chi connectivity index (χ2n) is 5.44. The topological polar surface area (TPSA) is 74.8 Å². The summed E-state index contributed by atoms with van der Waals surface area (Å²) in [6, 6.07) is 9.00. The van der Waals surface area contributed by atoms with E-state index in [2.05, 4.69) is 23.2 Å². The van der Waals surface area contributed by atoms with Crippen LogP contribution in [0.25, 0.3) is 11.4 Å². The molecule has 1 amide bonds. The minimum atomic E-state index is -0.328. The van der Waals surface area contributed by atoms with Gasteiger partial charge in [0.2, 0.25) is 5.91 Å². The molecule has 0 aliphatic carbocycles. The fourth-order valence-corrected chi connectivity index (χ4v) is 2.85. The number of hydrogen-bond acceptors (Lipinski definition) is 4. The summed E-state index contributed by atoms with van der Waals surface area (Å²) in [4.78, 5) is 14.3. The average molecular weight is 295 g/mol. The van der Waals surface area contributed by atoms with Crippen LogP contribution in [0.3, 0.4) is 0 Å². The van der Waals surface area contributed by atoms with Crippen molar-refractivity contribution in [1.82, 2.24) is 19.7 Å². The lowest BCUT2D eigenvalue weighted by Gasteiger charge is -2.31. The van der Waals surface area contributed by atoms with Gasteiger partial charge >= 0.3 is 0 Å². The molecule has 0 saturated carbocycles. The van der Waals surface area contributed by atoms with Crippen molar-refractivity contribution < 1.29 is 4.79 Å². The highest BCUT2D eigenvalue weighted by atomic mass is 16.2. The first kappa shape index (κ1) is 14.3. The van der Waals surface area contributed by atoms with Crippen molar-refractivity contribution in [2.45, 2.75) is 32.9 Å². The first-order chi connectivity index (χ1) is 10.7. The maximum Gasteiger partial charge on any atom is 0.245 e. The van der Waals surface area contributed by atoms with Crippen molar-refractivity contribution in [2.75, 3.05) is 6.54 Å². The van der Waals surface area contributed by atoms with Gasteiger partial charge in [-0.1, -0.05) is 19.1 Å². The monoisotopic (exact) mass is 295 g/mol. The molecule has 0 N–H and O–H groups in total. The Kier molecular flexibility index (Phi) is 3.63. The highest BCUT2D eigenvalue weighted by Crippen LogP contribution is 2.28. The number of hydrogen-bond donors (Lipinski definition) is 0. The van der Waals surface area contributed by atoms with Gasteiger partial charge in [0.15, 0.2) is 11.6 Å². The van der Waals surface area contributed by atoms with E-state index in [4.69, 9.17) is 5.26 Å². The molecule has 0 fully saturated rings. The van der Waals surface area contributed by atoms with E-state index in [0.29, 0.717) is 17.9 Å². The van der Waals surface area contributed by atoms with Crippen LogP contribution in [0.4, 0.5) is 0 Å². The second kappa shape index (κ2) is 5.60. The molecule has 0 spiro atoms. The molecule has 1 atom stereocenters. The smallest absolute Gasteiger partial charge is 0.245 e. The van der Waals surface area contributed by atoms with Gasteiger partial charge < -0.3 is 4.90 Å². The predicted octanol–water partition coefficient (Wildman–Crippen LogP) is 2.13. The zero-order valence-electron chi connectivity index (χ0n) is 12.7. The molecule has 1 aliphatic heterocycles. The van der Waals surface area contributed by atoms with Crippen LogP contribution in [0, 0.1) is 11.3 Å². The van der Waals surface area contributed by atoms with E-state index < -0.39 is 0 Å². The van der Waals surface area contributed by atoms with Gasteiger partial charge in [0.25, 0.3) is 0 Å². The Morgan fingerprint density at radius 2 is 2.23 bits per heavy atom. The maximum atomic E-state index is 12.5. The van der Waals surface area contributed by atoms with E-state index in [1.165, 1.54) is 0 Å². The largest absolute Gasteiger partial charge is 0.333 e. The molecule has 0 saturated heterocycles. The molecule has 22 heavy (non-hydrogen) atoms. The number of carbonyl (C=O) groups is 1. The van der Waals surface area contributed by atoms with Crippen LogP contribution in [0.5, 0.6) is 0 Å². The second-order valence-corrected chi connectivity index (χ2v) is 5.44. The molecule has 2 heterocycles. The molecule has 112 valence electrons. The van der Waals surface area contributed by atoms with Gasteiger partial charge in [-0.05, 0) is 25.5 Å². The Balaban J connectivity index is 2.05. The standard InChI is InChI=1S/C16H17N5O/c1-3-7-20-10-14-18-19-15(21(14)11(2)16(20)22)13-6-4-5-12(8-13)9-17/h4-6,8,11H,3,7,10H2,1-2H3/t11-/m0/s1. The lowest BCUT2D eigenvalue weighted by atomic mass is 10.1. The Morgan fingerprint density at radius 3 is 2.95 bits per heavy atom. The third-order valence-electron chi connectivity index (χ3n) is 3.90. The summed E-state index contributed by atoms with van der Waals surface area (Å²) in [7, 11) is 0. The Bertz CT molecular complexity index is 758. The average Bonchev–Trinajstić information content (AvgIpc) is 2.96. The number of amides is 1. The van der Waals surface area contributed by atoms with Crippen molar-refractivity contribution in [3.63, 3.8) is 0 Å². The number of aromatic nitrogens is 3. The van der Waals surface area contributed by atoms with Crippen LogP contribution in [0.15, 0.2) is 24.3 Å². The Morgan fingerprint density at radius 1 is 1.41 bits per heavy atom. The third kappa shape index (κ3) is 2.25. The number of nitrogens with zero attached hydrogens (tertiary/aromatic N) is 5. The molecule has 0 unspecified atom stereocenters. The highest BCUT2D eigenvalue weighted by Gasteiger charge is 2.32. The molecular formula is C16H17N5O. The van der Waals surface area contributed by atoms with E-state index in [1.54, 1.807) is 12.1 Å². The molecule has 1 aliphatic rings. The molecule has 0 radical (unpaired) electrons. The van der Waals surface area contributed by atoms with Gasteiger partial charge in [0.1, 0.15) is 6.04 Å². The summed E-state index contributed by atoms with van der Waals surface area (Å²) >= 11 is 0. The number of rotatable bonds is 3. The Labute approximate surface area is 129 Å². The fraction of sp³-hybridized carbons (Fsp3) is 0.375. The quantitative estimate of drug-likeness (QED) is 0.869. The van der Waals surface area contributed by atoms with Crippen LogP contribution < -0.4 is 0 Å². The van der Waals surface area contributed by atoms with E-state index in [1.807, 2.05) is 28.5 Å². The molecule has 0 bridgehead atoms. The first-order valence-electron chi connectivity index (χ1n) is 7.38. The van der Waals surface area contributed by atoms with Gasteiger partial charge in [0.05, 0.1) is 18.2 Å². The zero-order chi connectivity index (χ0) is 15.7. The number of carbonyl (C=O) groups excluding carboxylic acids is 1. The van der Waals surface area contributed by atoms with Crippen LogP contribution in [-0.2, 0) is 11.3 Å². The van der Waals surface area contributed by atoms with Crippen molar-refractivity contribution in [2.24, 2.45) is 0 Å². The van der Waals surface area contributed by atoms with Gasteiger partial charge in [-0.3, -0.25) is 9.36 Å². The number of benzene rings is 1. The van der Waals surface area contributed by atoms with E-state index in [0.717, 1.165) is 24.4 Å². The van der Waals surface area contributed by atoms with Crippen LogP contribution in [0.1, 0.15) is 37.7 Å². The SMILES string of the molecule is CCCN1Cc2nnc(-c3cccc(C#N)c3)n2[C@@H](C)C1=O. The Hall–Kier alpha value is -2.68. The summed E-state index contributed by atoms with van der Waals surface area (Å²) in [5.41, 5.74) is 1.37. The lowest BCUT2D eigenvalue weighted by molar-refractivity contribution is -0.136. The van der Waals surface area contributed by atoms with Crippen molar-refractivity contribution in [3.05, 3.63) is 35.7 Å². The molecule has 6 nitrogen and oxygen atoms in total. The minimum Gasteiger partial charge on any atom is -0.333 e. The number of nitriles is 1. The zero-order valence-corrected chi connectivity index (χ0v) is 12.7. The molecule has 2 aromatic rings. The van der Waals surface area contributed by atoms with E-state index in [-0.39, 0.29) is 11.9 Å². The summed E-state index contributed by atoms with van der Waals surface area (Å²) in [5.74, 6) is 1.52. The van der Waals surface area contributed by atoms with Crippen molar-refractivity contribution in [3.8, 4) is 17.5 Å². The molecule has 1 aromatic carbocycles. The van der Waals surface area contributed by atoms with Gasteiger partial charge in [-0.15, -0.1) is 10.2 Å². The van der Waals surface area contributed by atoms with Gasteiger partial charge in [0, 0.05) is 12.1 Å². The van der Waals surface area contributed by atoms with Crippen LogP contribution in [0.2, 0.25) is 0 Å². The maximum absolute atomic E-state index is 12.5. The van der Waals surface area contributed by atoms with Crippen LogP contribution >= 0.6 is 0 Å². The van der Waals surface area contributed by atoms with Crippen LogP contribution in [-0.4, -0.2) is 32.1 Å². The predicted molar refractivity (Wildman–Crippen MR) is 80.6 cm³/mol. The van der Waals surface area contributed by atoms with E-state index >= 15 is 0 Å². The molecule has 6 heteroatoms. The number of fused-ring (bicyclic) bond motifs is 1. The molecule has 3 rings (SSSR count). The molecule has 1 aromatic heterocycles. The fourth-order valence-electron chi connectivity index (χ4n) is 2.85. The van der Waals surface area contributed by atoms with Gasteiger partial charge in [-0.2, -0.15) is 5.26 Å². The lowest BCUT2D eigenvalue weighted by Crippen LogP contribution is -2.42. The third-order valence-corrected chi connectivity index (χ3v) is 3.90. The van der Waals surface area contributed by atoms with Crippen molar-refractivity contribution >= 4 is 5.91 Å². The molecular weight excluding hydrogens is 278 g/mol. The summed E-state index contributed by atoms with van der Waals surface area (Å²) < 4.78 is 1.88. The van der Waals surface area contributed by atoms with Crippen molar-refractivity contribution in [1.29, 1.82) is 5.26 Å². The first-order valence-corrected chi connectivity index (χ1v) is 7.38.